The molecule has 2 rings (SSSR count). The Kier molecular flexibility index (Phi) is 8.15. The van der Waals surface area contributed by atoms with E-state index in [9.17, 15) is 13.2 Å². The Balaban J connectivity index is 0.00000264. The van der Waals surface area contributed by atoms with Crippen molar-refractivity contribution in [2.45, 2.75) is 18.2 Å². The van der Waals surface area contributed by atoms with Crippen molar-refractivity contribution in [1.29, 1.82) is 0 Å². The largest absolute Gasteiger partial charge is 0.379 e. The quantitative estimate of drug-likeness (QED) is 0.584. The van der Waals surface area contributed by atoms with Crippen LogP contribution in [0.2, 0.25) is 0 Å². The molecule has 1 heterocycles. The monoisotopic (exact) mass is 362 g/mol. The van der Waals surface area contributed by atoms with E-state index in [4.69, 9.17) is 4.74 Å². The standard InChI is InChI=1S/C15H22N2O4S.ClH/c1-13(18)14-4-2-5-15(12-14)22(19,20)16-6-3-7-17-8-10-21-11-9-17;/h2,4-5,12,16H,3,6-11H2,1H3;1H. The maximum absolute atomic E-state index is 12.2. The van der Waals surface area contributed by atoms with Gasteiger partial charge in [0.25, 0.3) is 0 Å². The lowest BCUT2D eigenvalue weighted by molar-refractivity contribution is 0.0376. The first-order valence-corrected chi connectivity index (χ1v) is 8.88. The molecular formula is C15H23ClN2O4S. The highest BCUT2D eigenvalue weighted by Gasteiger charge is 2.15. The van der Waals surface area contributed by atoms with Crippen molar-refractivity contribution in [3.63, 3.8) is 0 Å². The number of nitrogens with zero attached hydrogens (tertiary/aromatic N) is 1. The average molecular weight is 363 g/mol. The van der Waals surface area contributed by atoms with E-state index in [1.807, 2.05) is 0 Å². The van der Waals surface area contributed by atoms with Crippen LogP contribution in [0.1, 0.15) is 23.7 Å². The van der Waals surface area contributed by atoms with Crippen molar-refractivity contribution in [3.05, 3.63) is 29.8 Å². The molecular weight excluding hydrogens is 340 g/mol. The lowest BCUT2D eigenvalue weighted by atomic mass is 10.2. The van der Waals surface area contributed by atoms with Crippen LogP contribution < -0.4 is 4.72 Å². The van der Waals surface area contributed by atoms with Gasteiger partial charge in [-0.05, 0) is 32.0 Å². The summed E-state index contributed by atoms with van der Waals surface area (Å²) in [4.78, 5) is 13.7. The number of rotatable bonds is 7. The first kappa shape index (κ1) is 20.1. The molecule has 1 saturated heterocycles. The summed E-state index contributed by atoms with van der Waals surface area (Å²) in [6.07, 6.45) is 0.742. The molecule has 1 fully saturated rings. The molecule has 1 aromatic rings. The SMILES string of the molecule is CC(=O)c1cccc(S(=O)(=O)NCCCN2CCOCC2)c1.Cl. The summed E-state index contributed by atoms with van der Waals surface area (Å²) in [6, 6.07) is 6.10. The highest BCUT2D eigenvalue weighted by atomic mass is 35.5. The summed E-state index contributed by atoms with van der Waals surface area (Å²) in [5.41, 5.74) is 0.399. The number of sulfonamides is 1. The highest BCUT2D eigenvalue weighted by Crippen LogP contribution is 2.12. The minimum absolute atomic E-state index is 0. The molecule has 1 aromatic carbocycles. The molecule has 6 nitrogen and oxygen atoms in total. The number of ketones is 1. The number of carbonyl (C=O) groups is 1. The predicted octanol–water partition coefficient (Wildman–Crippen LogP) is 1.31. The Morgan fingerprint density at radius 3 is 2.65 bits per heavy atom. The number of carbonyl (C=O) groups excluding carboxylic acids is 1. The smallest absolute Gasteiger partial charge is 0.240 e. The molecule has 0 radical (unpaired) electrons. The third kappa shape index (κ3) is 6.19. The van der Waals surface area contributed by atoms with Crippen LogP contribution in [0.5, 0.6) is 0 Å². The van der Waals surface area contributed by atoms with E-state index in [2.05, 4.69) is 9.62 Å². The Morgan fingerprint density at radius 1 is 1.30 bits per heavy atom. The van der Waals surface area contributed by atoms with Gasteiger partial charge >= 0.3 is 0 Å². The summed E-state index contributed by atoms with van der Waals surface area (Å²) in [5, 5.41) is 0. The Labute approximate surface area is 143 Å². The van der Waals surface area contributed by atoms with E-state index in [0.717, 1.165) is 39.3 Å². The number of benzene rings is 1. The van der Waals surface area contributed by atoms with E-state index >= 15 is 0 Å². The molecule has 8 heteroatoms. The predicted molar refractivity (Wildman–Crippen MR) is 90.8 cm³/mol. The molecule has 1 N–H and O–H groups in total. The van der Waals surface area contributed by atoms with Gasteiger partial charge in [-0.3, -0.25) is 9.69 Å². The lowest BCUT2D eigenvalue weighted by Gasteiger charge is -2.26. The number of Topliss-reactive ketones (excluding diaryl/α,β-unsaturated/α-hetero) is 1. The molecule has 1 aliphatic rings. The first-order valence-electron chi connectivity index (χ1n) is 7.40. The van der Waals surface area contributed by atoms with Gasteiger partial charge in [0.1, 0.15) is 0 Å². The minimum atomic E-state index is -3.56. The van der Waals surface area contributed by atoms with E-state index in [1.165, 1.54) is 19.1 Å². The van der Waals surface area contributed by atoms with Gasteiger partial charge in [0.15, 0.2) is 5.78 Å². The molecule has 0 saturated carbocycles. The third-order valence-corrected chi connectivity index (χ3v) is 5.06. The highest BCUT2D eigenvalue weighted by molar-refractivity contribution is 7.89. The number of hydrogen-bond donors (Lipinski definition) is 1. The maximum atomic E-state index is 12.2. The van der Waals surface area contributed by atoms with Crippen molar-refractivity contribution in [1.82, 2.24) is 9.62 Å². The number of morpholine rings is 1. The van der Waals surface area contributed by atoms with Crippen LogP contribution in [0.25, 0.3) is 0 Å². The molecule has 0 atom stereocenters. The molecule has 23 heavy (non-hydrogen) atoms. The van der Waals surface area contributed by atoms with E-state index in [0.29, 0.717) is 12.1 Å². The van der Waals surface area contributed by atoms with Crippen molar-refractivity contribution < 1.29 is 17.9 Å². The Bertz CT molecular complexity index is 616. The normalized spacial score (nSPS) is 15.9. The van der Waals surface area contributed by atoms with Gasteiger partial charge in [0.05, 0.1) is 18.1 Å². The van der Waals surface area contributed by atoms with Gasteiger partial charge in [-0.15, -0.1) is 12.4 Å². The van der Waals surface area contributed by atoms with Gasteiger partial charge in [-0.2, -0.15) is 0 Å². The molecule has 130 valence electrons. The van der Waals surface area contributed by atoms with Gasteiger partial charge in [0, 0.05) is 25.2 Å². The summed E-state index contributed by atoms with van der Waals surface area (Å²) >= 11 is 0. The number of halogens is 1. The second-order valence-electron chi connectivity index (χ2n) is 5.29. The van der Waals surface area contributed by atoms with Gasteiger partial charge in [-0.25, -0.2) is 13.1 Å². The second kappa shape index (κ2) is 9.34. The topological polar surface area (TPSA) is 75.7 Å². The van der Waals surface area contributed by atoms with Crippen molar-refractivity contribution in [3.8, 4) is 0 Å². The summed E-state index contributed by atoms with van der Waals surface area (Å²) < 4.78 is 32.3. The fourth-order valence-electron chi connectivity index (χ4n) is 2.30. The van der Waals surface area contributed by atoms with Crippen LogP contribution in [-0.4, -0.2) is 58.5 Å². The molecule has 0 aliphatic carbocycles. The van der Waals surface area contributed by atoms with Gasteiger partial charge in [-0.1, -0.05) is 12.1 Å². The van der Waals surface area contributed by atoms with Crippen molar-refractivity contribution >= 4 is 28.2 Å². The van der Waals surface area contributed by atoms with Gasteiger partial charge in [0.2, 0.25) is 10.0 Å². The van der Waals surface area contributed by atoms with Crippen LogP contribution in [-0.2, 0) is 14.8 Å². The molecule has 0 bridgehead atoms. The van der Waals surface area contributed by atoms with Crippen LogP contribution in [0.15, 0.2) is 29.2 Å². The van der Waals surface area contributed by atoms with Crippen LogP contribution in [0.3, 0.4) is 0 Å². The fourth-order valence-corrected chi connectivity index (χ4v) is 3.42. The lowest BCUT2D eigenvalue weighted by Crippen LogP contribution is -2.38. The van der Waals surface area contributed by atoms with E-state index < -0.39 is 10.0 Å². The van der Waals surface area contributed by atoms with Crippen molar-refractivity contribution in [2.75, 3.05) is 39.4 Å². The maximum Gasteiger partial charge on any atom is 0.240 e. The number of ether oxygens (including phenoxy) is 1. The molecule has 0 spiro atoms. The van der Waals surface area contributed by atoms with Crippen LogP contribution >= 0.6 is 12.4 Å². The zero-order valence-electron chi connectivity index (χ0n) is 13.2. The average Bonchev–Trinajstić information content (AvgIpc) is 2.53. The molecule has 0 amide bonds. The zero-order valence-corrected chi connectivity index (χ0v) is 14.8. The zero-order chi connectivity index (χ0) is 16.0. The number of nitrogens with one attached hydrogen (secondary N) is 1. The summed E-state index contributed by atoms with van der Waals surface area (Å²) in [5.74, 6) is -0.149. The van der Waals surface area contributed by atoms with E-state index in [-0.39, 0.29) is 23.1 Å². The Hall–Kier alpha value is -0.990. The van der Waals surface area contributed by atoms with Crippen molar-refractivity contribution in [2.24, 2.45) is 0 Å². The van der Waals surface area contributed by atoms with Crippen LogP contribution in [0.4, 0.5) is 0 Å². The Morgan fingerprint density at radius 2 is 2.00 bits per heavy atom. The molecule has 0 aromatic heterocycles. The second-order valence-corrected chi connectivity index (χ2v) is 7.06. The summed E-state index contributed by atoms with van der Waals surface area (Å²) in [6.45, 7) is 5.92. The number of hydrogen-bond acceptors (Lipinski definition) is 5. The van der Waals surface area contributed by atoms with Gasteiger partial charge < -0.3 is 4.74 Å². The minimum Gasteiger partial charge on any atom is -0.379 e. The van der Waals surface area contributed by atoms with Crippen LogP contribution in [0, 0.1) is 0 Å². The molecule has 0 unspecified atom stereocenters. The fraction of sp³-hybridized carbons (Fsp3) is 0.533. The first-order chi connectivity index (χ1) is 10.5. The van der Waals surface area contributed by atoms with E-state index in [1.54, 1.807) is 12.1 Å². The molecule has 1 aliphatic heterocycles. The summed E-state index contributed by atoms with van der Waals surface area (Å²) in [7, 11) is -3.56. The third-order valence-electron chi connectivity index (χ3n) is 3.60.